The van der Waals surface area contributed by atoms with E-state index >= 15 is 0 Å². The first-order valence-corrected chi connectivity index (χ1v) is 6.54. The van der Waals surface area contributed by atoms with Crippen LogP contribution in [0.15, 0.2) is 42.5 Å². The number of aliphatic hydroxyl groups is 1. The third kappa shape index (κ3) is 3.17. The van der Waals surface area contributed by atoms with Crippen molar-refractivity contribution < 1.29 is 14.2 Å². The smallest absolute Gasteiger partial charge is 0.126 e. The first-order chi connectivity index (χ1) is 9.42. The van der Waals surface area contributed by atoms with Crippen LogP contribution < -0.4 is 4.74 Å². The van der Waals surface area contributed by atoms with Crippen molar-refractivity contribution >= 4 is 0 Å². The Morgan fingerprint density at radius 2 is 1.80 bits per heavy atom. The Kier molecular flexibility index (Phi) is 4.09. The first kappa shape index (κ1) is 14.5. The summed E-state index contributed by atoms with van der Waals surface area (Å²) in [4.78, 5) is 0. The lowest BCUT2D eigenvalue weighted by atomic mass is 9.88. The monoisotopic (exact) mass is 274 g/mol. The molecule has 20 heavy (non-hydrogen) atoms. The fourth-order valence-corrected chi connectivity index (χ4v) is 2.17. The summed E-state index contributed by atoms with van der Waals surface area (Å²) in [7, 11) is 1.61. The Bertz CT molecular complexity index is 588. The summed E-state index contributed by atoms with van der Waals surface area (Å²) < 4.78 is 18.7. The first-order valence-electron chi connectivity index (χ1n) is 6.54. The summed E-state index contributed by atoms with van der Waals surface area (Å²) in [5, 5.41) is 10.6. The van der Waals surface area contributed by atoms with Gasteiger partial charge in [-0.15, -0.1) is 0 Å². The Morgan fingerprint density at radius 1 is 1.15 bits per heavy atom. The third-order valence-electron chi connectivity index (χ3n) is 3.50. The molecule has 2 aromatic carbocycles. The Hall–Kier alpha value is -1.87. The van der Waals surface area contributed by atoms with Crippen LogP contribution in [0.2, 0.25) is 0 Å². The lowest BCUT2D eigenvalue weighted by Gasteiger charge is -2.24. The van der Waals surface area contributed by atoms with Gasteiger partial charge < -0.3 is 9.84 Å². The number of hydrogen-bond acceptors (Lipinski definition) is 2. The molecule has 2 aromatic rings. The van der Waals surface area contributed by atoms with Crippen LogP contribution in [-0.2, 0) is 12.0 Å². The van der Waals surface area contributed by atoms with Crippen molar-refractivity contribution in [2.24, 2.45) is 0 Å². The van der Waals surface area contributed by atoms with Crippen molar-refractivity contribution in [3.05, 3.63) is 65.0 Å². The van der Waals surface area contributed by atoms with E-state index in [1.165, 1.54) is 6.07 Å². The van der Waals surface area contributed by atoms with Gasteiger partial charge in [-0.1, -0.05) is 24.3 Å². The van der Waals surface area contributed by atoms with E-state index in [9.17, 15) is 9.50 Å². The van der Waals surface area contributed by atoms with E-state index in [-0.39, 0.29) is 5.82 Å². The molecule has 0 spiro atoms. The molecule has 0 saturated carbocycles. The van der Waals surface area contributed by atoms with Crippen LogP contribution in [0.5, 0.6) is 5.75 Å². The molecular weight excluding hydrogens is 255 g/mol. The van der Waals surface area contributed by atoms with Crippen LogP contribution in [0, 0.1) is 12.7 Å². The minimum absolute atomic E-state index is 0.294. The molecule has 0 heterocycles. The van der Waals surface area contributed by atoms with Crippen LogP contribution in [-0.4, -0.2) is 12.2 Å². The number of benzene rings is 2. The molecule has 1 N–H and O–H groups in total. The summed E-state index contributed by atoms with van der Waals surface area (Å²) in [6.45, 7) is 3.40. The molecule has 1 unspecified atom stereocenters. The van der Waals surface area contributed by atoms with Crippen molar-refractivity contribution in [3.63, 3.8) is 0 Å². The van der Waals surface area contributed by atoms with Gasteiger partial charge in [0.05, 0.1) is 12.7 Å². The highest BCUT2D eigenvalue weighted by Gasteiger charge is 2.24. The molecule has 3 heteroatoms. The van der Waals surface area contributed by atoms with Crippen molar-refractivity contribution in [1.82, 2.24) is 0 Å². The second-order valence-corrected chi connectivity index (χ2v) is 5.26. The number of aryl methyl sites for hydroxylation is 1. The Labute approximate surface area is 118 Å². The van der Waals surface area contributed by atoms with E-state index in [4.69, 9.17) is 4.74 Å². The highest BCUT2D eigenvalue weighted by atomic mass is 19.1. The van der Waals surface area contributed by atoms with E-state index < -0.39 is 5.60 Å². The maximum absolute atomic E-state index is 13.6. The second-order valence-electron chi connectivity index (χ2n) is 5.26. The lowest BCUT2D eigenvalue weighted by Crippen LogP contribution is -2.24. The molecule has 0 aliphatic heterocycles. The minimum Gasteiger partial charge on any atom is -0.497 e. The highest BCUT2D eigenvalue weighted by molar-refractivity contribution is 5.32. The van der Waals surface area contributed by atoms with Gasteiger partial charge in [0.15, 0.2) is 0 Å². The molecule has 0 bridgehead atoms. The molecule has 2 rings (SSSR count). The van der Waals surface area contributed by atoms with E-state index in [1.54, 1.807) is 33.1 Å². The highest BCUT2D eigenvalue weighted by Crippen LogP contribution is 2.27. The summed E-state index contributed by atoms with van der Waals surface area (Å²) in [5.74, 6) is 0.479. The largest absolute Gasteiger partial charge is 0.497 e. The van der Waals surface area contributed by atoms with Crippen molar-refractivity contribution in [2.45, 2.75) is 25.9 Å². The van der Waals surface area contributed by atoms with Crippen molar-refractivity contribution in [1.29, 1.82) is 0 Å². The normalized spacial score (nSPS) is 13.8. The fraction of sp³-hybridized carbons (Fsp3) is 0.294. The summed E-state index contributed by atoms with van der Waals surface area (Å²) in [6.07, 6.45) is 0.416. The maximum atomic E-state index is 13.6. The second kappa shape index (κ2) is 5.63. The molecule has 1 atom stereocenters. The van der Waals surface area contributed by atoms with Gasteiger partial charge in [0.25, 0.3) is 0 Å². The predicted molar refractivity (Wildman–Crippen MR) is 77.4 cm³/mol. The van der Waals surface area contributed by atoms with E-state index in [1.807, 2.05) is 24.3 Å². The quantitative estimate of drug-likeness (QED) is 0.923. The van der Waals surface area contributed by atoms with Gasteiger partial charge in [-0.05, 0) is 48.7 Å². The average molecular weight is 274 g/mol. The molecular formula is C17H19FO2. The molecule has 0 aliphatic rings. The lowest BCUT2D eigenvalue weighted by molar-refractivity contribution is 0.0572. The Morgan fingerprint density at radius 3 is 2.35 bits per heavy atom. The van der Waals surface area contributed by atoms with Crippen LogP contribution in [0.25, 0.3) is 0 Å². The van der Waals surface area contributed by atoms with Gasteiger partial charge in [-0.2, -0.15) is 0 Å². The maximum Gasteiger partial charge on any atom is 0.126 e. The van der Waals surface area contributed by atoms with E-state index in [0.29, 0.717) is 17.5 Å². The van der Waals surface area contributed by atoms with Crippen LogP contribution in [0.1, 0.15) is 23.6 Å². The zero-order valence-corrected chi connectivity index (χ0v) is 12.0. The molecule has 0 fully saturated rings. The van der Waals surface area contributed by atoms with E-state index in [0.717, 1.165) is 11.3 Å². The third-order valence-corrected chi connectivity index (χ3v) is 3.50. The predicted octanol–water partition coefficient (Wildman–Crippen LogP) is 3.59. The number of methoxy groups -OCH3 is 1. The topological polar surface area (TPSA) is 29.5 Å². The van der Waals surface area contributed by atoms with Gasteiger partial charge in [0.2, 0.25) is 0 Å². The number of halogens is 1. The molecule has 0 saturated heterocycles. The Balaban J connectivity index is 2.22. The summed E-state index contributed by atoms with van der Waals surface area (Å²) in [6, 6.07) is 12.4. The summed E-state index contributed by atoms with van der Waals surface area (Å²) >= 11 is 0. The molecule has 106 valence electrons. The number of rotatable bonds is 4. The fourth-order valence-electron chi connectivity index (χ4n) is 2.17. The standard InChI is InChI=1S/C17H19FO2/c1-12-4-7-14(10-16(12)18)17(2,19)11-13-5-8-15(20-3)9-6-13/h4-10,19H,11H2,1-3H3. The van der Waals surface area contributed by atoms with Gasteiger partial charge in [-0.3, -0.25) is 0 Å². The SMILES string of the molecule is COc1ccc(CC(C)(O)c2ccc(C)c(F)c2)cc1. The zero-order valence-electron chi connectivity index (χ0n) is 12.0. The molecule has 2 nitrogen and oxygen atoms in total. The van der Waals surface area contributed by atoms with Gasteiger partial charge in [0, 0.05) is 6.42 Å². The number of ether oxygens (including phenoxy) is 1. The average Bonchev–Trinajstić information content (AvgIpc) is 2.42. The van der Waals surface area contributed by atoms with Crippen LogP contribution >= 0.6 is 0 Å². The van der Waals surface area contributed by atoms with Crippen molar-refractivity contribution in [2.75, 3.05) is 7.11 Å². The molecule has 0 amide bonds. The van der Waals surface area contributed by atoms with Crippen molar-refractivity contribution in [3.8, 4) is 5.75 Å². The minimum atomic E-state index is -1.11. The van der Waals surface area contributed by atoms with Gasteiger partial charge >= 0.3 is 0 Å². The van der Waals surface area contributed by atoms with Crippen LogP contribution in [0.4, 0.5) is 4.39 Å². The van der Waals surface area contributed by atoms with Gasteiger partial charge in [0.1, 0.15) is 11.6 Å². The van der Waals surface area contributed by atoms with E-state index in [2.05, 4.69) is 0 Å². The van der Waals surface area contributed by atoms with Gasteiger partial charge in [-0.25, -0.2) is 4.39 Å². The molecule has 0 radical (unpaired) electrons. The molecule has 0 aromatic heterocycles. The summed E-state index contributed by atoms with van der Waals surface area (Å²) in [5.41, 5.74) is 1.02. The zero-order chi connectivity index (χ0) is 14.8. The van der Waals surface area contributed by atoms with Crippen LogP contribution in [0.3, 0.4) is 0 Å². The molecule has 0 aliphatic carbocycles. The number of hydrogen-bond donors (Lipinski definition) is 1.